The normalized spacial score (nSPS) is 9.30. The molecule has 0 aromatic carbocycles. The van der Waals surface area contributed by atoms with Crippen LogP contribution in [0.2, 0.25) is 0 Å². The lowest BCUT2D eigenvalue weighted by Gasteiger charge is -1.88. The molecule has 0 bridgehead atoms. The Morgan fingerprint density at radius 1 is 0.850 bits per heavy atom. The Hall–Kier alpha value is -2.76. The lowest BCUT2D eigenvalue weighted by Crippen LogP contribution is -2.27. The summed E-state index contributed by atoms with van der Waals surface area (Å²) in [6.07, 6.45) is 6.74. The summed E-state index contributed by atoms with van der Waals surface area (Å²) in [6, 6.07) is 6.37. The molecule has 2 N–H and O–H groups in total. The van der Waals surface area contributed by atoms with E-state index in [9.17, 15) is 9.59 Å². The maximum Gasteiger partial charge on any atom is 0.341 e. The molecule has 2 heterocycles. The van der Waals surface area contributed by atoms with Crippen molar-refractivity contribution in [2.75, 3.05) is 0 Å². The molecule has 6 heteroatoms. The van der Waals surface area contributed by atoms with E-state index < -0.39 is 11.9 Å². The number of aromatic nitrogens is 2. The van der Waals surface area contributed by atoms with E-state index in [4.69, 9.17) is 10.2 Å². The minimum absolute atomic E-state index is 0.310. The van der Waals surface area contributed by atoms with E-state index in [0.717, 1.165) is 0 Å². The van der Waals surface area contributed by atoms with E-state index in [1.807, 2.05) is 7.05 Å². The average Bonchev–Trinajstić information content (AvgIpc) is 2.40. The third kappa shape index (κ3) is 4.85. The third-order valence-electron chi connectivity index (χ3n) is 2.41. The second-order valence-corrected chi connectivity index (χ2v) is 4.12. The molecule has 0 aliphatic heterocycles. The third-order valence-corrected chi connectivity index (χ3v) is 2.41. The zero-order valence-electron chi connectivity index (χ0n) is 11.2. The van der Waals surface area contributed by atoms with Crippen LogP contribution in [0.15, 0.2) is 49.1 Å². The van der Waals surface area contributed by atoms with E-state index in [2.05, 4.69) is 0 Å². The van der Waals surface area contributed by atoms with Gasteiger partial charge in [-0.25, -0.2) is 18.7 Å². The van der Waals surface area contributed by atoms with Crippen molar-refractivity contribution in [1.82, 2.24) is 0 Å². The molecular weight excluding hydrogens is 260 g/mol. The molecule has 104 valence electrons. The summed E-state index contributed by atoms with van der Waals surface area (Å²) < 4.78 is 3.48. The summed E-state index contributed by atoms with van der Waals surface area (Å²) >= 11 is 0. The predicted octanol–water partition coefficient (Wildman–Crippen LogP) is 0.419. The second-order valence-electron chi connectivity index (χ2n) is 4.12. The van der Waals surface area contributed by atoms with Crippen molar-refractivity contribution in [2.24, 2.45) is 14.1 Å². The number of nitrogens with zero attached hydrogens (tertiary/aromatic N) is 2. The van der Waals surface area contributed by atoms with E-state index in [1.165, 1.54) is 0 Å². The zero-order valence-corrected chi connectivity index (χ0v) is 11.2. The molecule has 2 rings (SSSR count). The number of hydrogen-bond acceptors (Lipinski definition) is 2. The first-order valence-corrected chi connectivity index (χ1v) is 5.77. The highest BCUT2D eigenvalue weighted by atomic mass is 16.4. The molecule has 6 nitrogen and oxygen atoms in total. The quantitative estimate of drug-likeness (QED) is 0.779. The van der Waals surface area contributed by atoms with Gasteiger partial charge in [0.2, 0.25) is 0 Å². The van der Waals surface area contributed by atoms with Gasteiger partial charge in [0.05, 0.1) is 5.56 Å². The van der Waals surface area contributed by atoms with Gasteiger partial charge in [-0.1, -0.05) is 0 Å². The van der Waals surface area contributed by atoms with Crippen LogP contribution >= 0.6 is 0 Å². The number of rotatable bonds is 2. The molecule has 0 spiro atoms. The standard InChI is InChI=1S/2C7H7NO2/c1-8-4-2-6(3-5-8)7(9)10;1-8-4-2-3-6(5-8)7(9)10/h2*2-5H,1H3/p+2. The largest absolute Gasteiger partial charge is 0.478 e. The highest BCUT2D eigenvalue weighted by Crippen LogP contribution is 1.92. The first-order valence-electron chi connectivity index (χ1n) is 5.77. The minimum Gasteiger partial charge on any atom is -0.478 e. The van der Waals surface area contributed by atoms with Crippen LogP contribution in [0.1, 0.15) is 20.7 Å². The van der Waals surface area contributed by atoms with Crippen LogP contribution in [0.4, 0.5) is 0 Å². The Bertz CT molecular complexity index is 609. The van der Waals surface area contributed by atoms with Gasteiger partial charge in [-0.2, -0.15) is 0 Å². The van der Waals surface area contributed by atoms with Crippen molar-refractivity contribution in [1.29, 1.82) is 0 Å². The molecule has 0 saturated heterocycles. The molecular formula is C14H16N2O4+2. The van der Waals surface area contributed by atoms with Crippen LogP contribution in [0, 0.1) is 0 Å². The molecule has 20 heavy (non-hydrogen) atoms. The van der Waals surface area contributed by atoms with Crippen molar-refractivity contribution in [2.45, 2.75) is 0 Å². The van der Waals surface area contributed by atoms with Gasteiger partial charge in [-0.15, -0.1) is 0 Å². The summed E-state index contributed by atoms with van der Waals surface area (Å²) in [5.74, 6) is -1.78. The summed E-state index contributed by atoms with van der Waals surface area (Å²) in [6.45, 7) is 0. The summed E-state index contributed by atoms with van der Waals surface area (Å²) in [5.41, 5.74) is 0.628. The summed E-state index contributed by atoms with van der Waals surface area (Å²) in [4.78, 5) is 20.6. The van der Waals surface area contributed by atoms with Crippen LogP contribution in [-0.4, -0.2) is 22.2 Å². The fourth-order valence-electron chi connectivity index (χ4n) is 1.36. The minimum atomic E-state index is -0.892. The Morgan fingerprint density at radius 2 is 1.40 bits per heavy atom. The highest BCUT2D eigenvalue weighted by Gasteiger charge is 2.04. The van der Waals surface area contributed by atoms with E-state index >= 15 is 0 Å². The van der Waals surface area contributed by atoms with Crippen LogP contribution in [0.25, 0.3) is 0 Å². The Kier molecular flexibility index (Phi) is 5.34. The molecule has 0 unspecified atom stereocenters. The maximum absolute atomic E-state index is 10.3. The number of hydrogen-bond donors (Lipinski definition) is 2. The molecule has 2 aromatic heterocycles. The lowest BCUT2D eigenvalue weighted by atomic mass is 10.3. The molecule has 0 atom stereocenters. The fraction of sp³-hybridized carbons (Fsp3) is 0.143. The van der Waals surface area contributed by atoms with Crippen molar-refractivity contribution in [3.05, 3.63) is 60.2 Å². The van der Waals surface area contributed by atoms with Crippen LogP contribution < -0.4 is 9.13 Å². The summed E-state index contributed by atoms with van der Waals surface area (Å²) in [7, 11) is 3.62. The summed E-state index contributed by atoms with van der Waals surface area (Å²) in [5, 5.41) is 17.0. The van der Waals surface area contributed by atoms with Gasteiger partial charge in [0.1, 0.15) is 19.7 Å². The van der Waals surface area contributed by atoms with Gasteiger partial charge in [-0.05, 0) is 6.07 Å². The fourth-order valence-corrected chi connectivity index (χ4v) is 1.36. The van der Waals surface area contributed by atoms with Gasteiger partial charge < -0.3 is 10.2 Å². The molecule has 2 aromatic rings. The maximum atomic E-state index is 10.3. The molecule has 0 fully saturated rings. The van der Waals surface area contributed by atoms with Gasteiger partial charge in [0.25, 0.3) is 0 Å². The Morgan fingerprint density at radius 3 is 1.80 bits per heavy atom. The molecule has 0 radical (unpaired) electrons. The van der Waals surface area contributed by atoms with Gasteiger partial charge >= 0.3 is 11.9 Å². The van der Waals surface area contributed by atoms with Crippen molar-refractivity contribution < 1.29 is 28.9 Å². The van der Waals surface area contributed by atoms with Crippen LogP contribution in [0.5, 0.6) is 0 Å². The number of pyridine rings is 2. The van der Waals surface area contributed by atoms with Crippen LogP contribution in [0.3, 0.4) is 0 Å². The molecule has 0 aliphatic carbocycles. The van der Waals surface area contributed by atoms with Crippen molar-refractivity contribution in [3.8, 4) is 0 Å². The van der Waals surface area contributed by atoms with E-state index in [-0.39, 0.29) is 0 Å². The Balaban J connectivity index is 0.000000200. The molecule has 0 saturated carbocycles. The lowest BCUT2D eigenvalue weighted by molar-refractivity contribution is -0.671. The first-order chi connectivity index (χ1) is 9.40. The average molecular weight is 276 g/mol. The highest BCUT2D eigenvalue weighted by molar-refractivity contribution is 5.87. The zero-order chi connectivity index (χ0) is 15.1. The number of carboxylic acids is 2. The number of carboxylic acid groups (broad SMARTS) is 2. The number of aryl methyl sites for hydroxylation is 2. The van der Waals surface area contributed by atoms with Gasteiger partial charge in [0.15, 0.2) is 24.8 Å². The smallest absolute Gasteiger partial charge is 0.341 e. The number of carbonyl (C=O) groups is 2. The molecule has 0 aliphatic rings. The molecule has 0 amide bonds. The SMILES string of the molecule is C[n+]1ccc(C(=O)O)cc1.C[n+]1cccc(C(=O)O)c1. The van der Waals surface area contributed by atoms with E-state index in [0.29, 0.717) is 11.1 Å². The first kappa shape index (κ1) is 15.3. The van der Waals surface area contributed by atoms with E-state index in [1.54, 1.807) is 65.2 Å². The second kappa shape index (κ2) is 6.98. The van der Waals surface area contributed by atoms with Gasteiger partial charge in [-0.3, -0.25) is 0 Å². The number of aromatic carboxylic acids is 2. The van der Waals surface area contributed by atoms with Gasteiger partial charge in [0, 0.05) is 18.2 Å². The predicted molar refractivity (Wildman–Crippen MR) is 69.2 cm³/mol. The van der Waals surface area contributed by atoms with Crippen LogP contribution in [-0.2, 0) is 14.1 Å². The van der Waals surface area contributed by atoms with Crippen molar-refractivity contribution in [3.63, 3.8) is 0 Å². The Labute approximate surface area is 116 Å². The van der Waals surface area contributed by atoms with Crippen molar-refractivity contribution >= 4 is 11.9 Å². The monoisotopic (exact) mass is 276 g/mol. The topological polar surface area (TPSA) is 82.4 Å².